The summed E-state index contributed by atoms with van der Waals surface area (Å²) < 4.78 is 39.1. The van der Waals surface area contributed by atoms with Crippen molar-refractivity contribution in [3.63, 3.8) is 0 Å². The Morgan fingerprint density at radius 1 is 1.21 bits per heavy atom. The van der Waals surface area contributed by atoms with Gasteiger partial charge in [-0.3, -0.25) is 9.59 Å². The second-order valence-electron chi connectivity index (χ2n) is 4.30. The first kappa shape index (κ1) is 13.4. The van der Waals surface area contributed by atoms with E-state index in [4.69, 9.17) is 5.73 Å². The van der Waals surface area contributed by atoms with Gasteiger partial charge < -0.3 is 5.73 Å². The van der Waals surface area contributed by atoms with Gasteiger partial charge >= 0.3 is 6.30 Å². The van der Waals surface area contributed by atoms with Crippen LogP contribution in [0.25, 0.3) is 0 Å². The molecule has 1 fully saturated rings. The van der Waals surface area contributed by atoms with Crippen LogP contribution >= 0.6 is 0 Å². The van der Waals surface area contributed by atoms with Crippen molar-refractivity contribution in [3.05, 3.63) is 29.8 Å². The Hall–Kier alpha value is -2.05. The zero-order chi connectivity index (χ0) is 14.2. The zero-order valence-electron chi connectivity index (χ0n) is 9.78. The van der Waals surface area contributed by atoms with Crippen LogP contribution in [0.1, 0.15) is 23.2 Å². The van der Waals surface area contributed by atoms with Crippen molar-refractivity contribution in [1.82, 2.24) is 0 Å². The lowest BCUT2D eigenvalue weighted by Gasteiger charge is -2.26. The summed E-state index contributed by atoms with van der Waals surface area (Å²) >= 11 is 0. The predicted molar refractivity (Wildman–Crippen MR) is 61.2 cm³/mol. The van der Waals surface area contributed by atoms with E-state index in [1.807, 2.05) is 0 Å². The highest BCUT2D eigenvalue weighted by molar-refractivity contribution is 6.05. The van der Waals surface area contributed by atoms with Gasteiger partial charge in [0.25, 0.3) is 5.91 Å². The van der Waals surface area contributed by atoms with E-state index in [1.54, 1.807) is 0 Å². The molecule has 0 unspecified atom stereocenters. The van der Waals surface area contributed by atoms with Gasteiger partial charge in [-0.2, -0.15) is 0 Å². The highest BCUT2D eigenvalue weighted by Gasteiger charge is 2.48. The molecule has 2 amide bonds. The minimum atomic E-state index is -4.88. The molecule has 19 heavy (non-hydrogen) atoms. The minimum absolute atomic E-state index is 0.287. The second-order valence-corrected chi connectivity index (χ2v) is 4.30. The van der Waals surface area contributed by atoms with Gasteiger partial charge in [-0.25, -0.2) is 4.90 Å². The van der Waals surface area contributed by atoms with E-state index < -0.39 is 29.7 Å². The third-order valence-electron chi connectivity index (χ3n) is 2.81. The number of primary amides is 1. The van der Waals surface area contributed by atoms with Gasteiger partial charge in [0.05, 0.1) is 11.3 Å². The number of halogens is 3. The Morgan fingerprint density at radius 2 is 1.79 bits per heavy atom. The van der Waals surface area contributed by atoms with Gasteiger partial charge in [-0.15, -0.1) is 13.2 Å². The summed E-state index contributed by atoms with van der Waals surface area (Å²) in [6.45, 7) is 0. The minimum Gasteiger partial charge on any atom is -0.366 e. The van der Waals surface area contributed by atoms with Crippen molar-refractivity contribution in [1.29, 1.82) is 0 Å². The van der Waals surface area contributed by atoms with Gasteiger partial charge in [0.1, 0.15) is 0 Å². The van der Waals surface area contributed by atoms with Crippen LogP contribution in [0.2, 0.25) is 0 Å². The highest BCUT2D eigenvalue weighted by atomic mass is 19.4. The van der Waals surface area contributed by atoms with Crippen LogP contribution in [0.3, 0.4) is 0 Å². The van der Waals surface area contributed by atoms with Crippen molar-refractivity contribution in [2.24, 2.45) is 11.7 Å². The SMILES string of the molecule is NC(=O)c1ccccc1N(C(=O)C1CC1)C(F)(F)F. The average Bonchev–Trinajstić information content (AvgIpc) is 3.11. The number of rotatable bonds is 3. The number of carbonyl (C=O) groups excluding carboxylic acids is 2. The number of amides is 2. The number of alkyl halides is 3. The van der Waals surface area contributed by atoms with Gasteiger partial charge in [-0.1, -0.05) is 12.1 Å². The normalized spacial score (nSPS) is 15.1. The molecule has 0 saturated heterocycles. The second kappa shape index (κ2) is 4.56. The lowest BCUT2D eigenvalue weighted by molar-refractivity contribution is -0.150. The molecule has 7 heteroatoms. The van der Waals surface area contributed by atoms with Crippen molar-refractivity contribution in [3.8, 4) is 0 Å². The number of carbonyl (C=O) groups is 2. The van der Waals surface area contributed by atoms with Crippen LogP contribution in [0.4, 0.5) is 18.9 Å². The van der Waals surface area contributed by atoms with Crippen LogP contribution in [-0.2, 0) is 4.79 Å². The molecule has 1 aromatic carbocycles. The number of para-hydroxylation sites is 1. The van der Waals surface area contributed by atoms with E-state index in [-0.39, 0.29) is 10.5 Å². The van der Waals surface area contributed by atoms with Crippen LogP contribution in [0, 0.1) is 5.92 Å². The summed E-state index contributed by atoms with van der Waals surface area (Å²) in [7, 11) is 0. The van der Waals surface area contributed by atoms with Crippen molar-refractivity contribution < 1.29 is 22.8 Å². The maximum absolute atomic E-state index is 13.0. The molecule has 2 rings (SSSR count). The van der Waals surface area contributed by atoms with Crippen LogP contribution in [-0.4, -0.2) is 18.1 Å². The standard InChI is InChI=1S/C12H11F3N2O2/c13-12(14,15)17(11(19)7-5-6-7)9-4-2-1-3-8(9)10(16)18/h1-4,7H,5-6H2,(H2,16,18). The van der Waals surface area contributed by atoms with Gasteiger partial charge in [0.2, 0.25) is 5.91 Å². The first-order valence-electron chi connectivity index (χ1n) is 5.62. The molecule has 1 aliphatic rings. The quantitative estimate of drug-likeness (QED) is 0.856. The van der Waals surface area contributed by atoms with E-state index in [0.29, 0.717) is 12.8 Å². The Labute approximate surface area is 107 Å². The highest BCUT2D eigenvalue weighted by Crippen LogP contribution is 2.38. The number of anilines is 1. The molecule has 1 saturated carbocycles. The van der Waals surface area contributed by atoms with E-state index in [0.717, 1.165) is 12.1 Å². The van der Waals surface area contributed by atoms with Gasteiger partial charge in [-0.05, 0) is 25.0 Å². The fourth-order valence-corrected chi connectivity index (χ4v) is 1.77. The average molecular weight is 272 g/mol. The predicted octanol–water partition coefficient (Wildman–Crippen LogP) is 2.05. The smallest absolute Gasteiger partial charge is 0.366 e. The summed E-state index contributed by atoms with van der Waals surface area (Å²) in [5.74, 6) is -2.67. The van der Waals surface area contributed by atoms with E-state index in [2.05, 4.69) is 0 Å². The third kappa shape index (κ3) is 2.69. The summed E-state index contributed by atoms with van der Waals surface area (Å²) in [6, 6.07) is 4.94. The number of hydrogen-bond acceptors (Lipinski definition) is 2. The fraction of sp³-hybridized carbons (Fsp3) is 0.333. The van der Waals surface area contributed by atoms with Crippen molar-refractivity contribution in [2.45, 2.75) is 19.1 Å². The molecule has 0 radical (unpaired) electrons. The number of benzene rings is 1. The molecule has 1 aromatic rings. The summed E-state index contributed by atoms with van der Waals surface area (Å²) in [4.78, 5) is 22.7. The summed E-state index contributed by atoms with van der Waals surface area (Å²) in [5.41, 5.74) is 4.20. The number of nitrogens with zero attached hydrogens (tertiary/aromatic N) is 1. The maximum atomic E-state index is 13.0. The molecular formula is C12H11F3N2O2. The Morgan fingerprint density at radius 3 is 2.26 bits per heavy atom. The fourth-order valence-electron chi connectivity index (χ4n) is 1.77. The maximum Gasteiger partial charge on any atom is 0.491 e. The van der Waals surface area contributed by atoms with E-state index >= 15 is 0 Å². The summed E-state index contributed by atoms with van der Waals surface area (Å²) in [5, 5.41) is 0. The molecule has 4 nitrogen and oxygen atoms in total. The molecular weight excluding hydrogens is 261 g/mol. The topological polar surface area (TPSA) is 63.4 Å². The molecule has 102 valence electrons. The van der Waals surface area contributed by atoms with Crippen molar-refractivity contribution >= 4 is 17.5 Å². The number of nitrogens with two attached hydrogens (primary N) is 1. The van der Waals surface area contributed by atoms with Crippen molar-refractivity contribution in [2.75, 3.05) is 4.90 Å². The zero-order valence-corrected chi connectivity index (χ0v) is 9.78. The van der Waals surface area contributed by atoms with Crippen LogP contribution in [0.15, 0.2) is 24.3 Å². The Bertz CT molecular complexity index is 524. The van der Waals surface area contributed by atoms with Crippen LogP contribution in [0.5, 0.6) is 0 Å². The molecule has 0 atom stereocenters. The molecule has 0 heterocycles. The molecule has 0 aromatic heterocycles. The van der Waals surface area contributed by atoms with E-state index in [9.17, 15) is 22.8 Å². The molecule has 0 spiro atoms. The van der Waals surface area contributed by atoms with E-state index in [1.165, 1.54) is 12.1 Å². The first-order valence-corrected chi connectivity index (χ1v) is 5.62. The largest absolute Gasteiger partial charge is 0.491 e. The number of hydrogen-bond donors (Lipinski definition) is 1. The monoisotopic (exact) mass is 272 g/mol. The van der Waals surface area contributed by atoms with Gasteiger partial charge in [0.15, 0.2) is 0 Å². The van der Waals surface area contributed by atoms with Gasteiger partial charge in [0, 0.05) is 5.92 Å². The molecule has 2 N–H and O–H groups in total. The third-order valence-corrected chi connectivity index (χ3v) is 2.81. The Kier molecular flexibility index (Phi) is 3.21. The van der Waals surface area contributed by atoms with Crippen LogP contribution < -0.4 is 10.6 Å². The summed E-state index contributed by atoms with van der Waals surface area (Å²) in [6.07, 6.45) is -4.01. The lowest BCUT2D eigenvalue weighted by Crippen LogP contribution is -2.45. The molecule has 0 aliphatic heterocycles. The molecule has 1 aliphatic carbocycles. The lowest BCUT2D eigenvalue weighted by atomic mass is 10.1. The molecule has 0 bridgehead atoms. The Balaban J connectivity index is 2.49. The first-order chi connectivity index (χ1) is 8.82.